The summed E-state index contributed by atoms with van der Waals surface area (Å²) in [4.78, 5) is 30.2. The molecule has 1 unspecified atom stereocenters. The normalized spacial score (nSPS) is 17.2. The van der Waals surface area contributed by atoms with E-state index >= 15 is 0 Å². The van der Waals surface area contributed by atoms with Crippen LogP contribution in [0.3, 0.4) is 0 Å². The van der Waals surface area contributed by atoms with Crippen LogP contribution in [0, 0.1) is 5.92 Å². The highest BCUT2D eigenvalue weighted by Gasteiger charge is 2.34. The zero-order valence-corrected chi connectivity index (χ0v) is 14.2. The molecule has 1 N–H and O–H groups in total. The van der Waals surface area contributed by atoms with E-state index in [-0.39, 0.29) is 18.2 Å². The monoisotopic (exact) mass is 363 g/mol. The summed E-state index contributed by atoms with van der Waals surface area (Å²) in [5.74, 6) is -0.648. The van der Waals surface area contributed by atoms with E-state index in [0.717, 1.165) is 5.56 Å². The van der Waals surface area contributed by atoms with Crippen LogP contribution < -0.4 is 5.32 Å². The first-order valence-electron chi connectivity index (χ1n) is 7.45. The minimum atomic E-state index is -0.396. The van der Waals surface area contributed by atoms with Gasteiger partial charge in [-0.15, -0.1) is 0 Å². The molecule has 1 aliphatic rings. The average molecular weight is 364 g/mol. The lowest BCUT2D eigenvalue weighted by Crippen LogP contribution is -2.28. The third-order valence-corrected chi connectivity index (χ3v) is 4.25. The fraction of sp³-hybridized carbons (Fsp3) is 0.235. The molecule has 2 amide bonds. The van der Waals surface area contributed by atoms with Crippen molar-refractivity contribution in [2.24, 2.45) is 5.92 Å². The number of carbonyl (C=O) groups is 2. The number of hydrogen-bond acceptors (Lipinski definition) is 3. The van der Waals surface area contributed by atoms with E-state index in [2.05, 4.69) is 10.3 Å². The highest BCUT2D eigenvalue weighted by atomic mass is 35.5. The maximum atomic E-state index is 12.4. The van der Waals surface area contributed by atoms with Crippen molar-refractivity contribution in [3.63, 3.8) is 0 Å². The minimum absolute atomic E-state index is 0.0388. The Morgan fingerprint density at radius 1 is 1.29 bits per heavy atom. The first-order valence-corrected chi connectivity index (χ1v) is 8.20. The number of amides is 2. The largest absolute Gasteiger partial charge is 0.337 e. The van der Waals surface area contributed by atoms with Crippen molar-refractivity contribution in [3.05, 3.63) is 58.3 Å². The first-order chi connectivity index (χ1) is 11.5. The summed E-state index contributed by atoms with van der Waals surface area (Å²) in [5, 5.41) is 3.66. The first kappa shape index (κ1) is 16.7. The summed E-state index contributed by atoms with van der Waals surface area (Å²) in [6.07, 6.45) is 3.59. The lowest BCUT2D eigenvalue weighted by molar-refractivity contribution is -0.128. The van der Waals surface area contributed by atoms with Crippen molar-refractivity contribution in [3.8, 4) is 0 Å². The molecule has 0 radical (unpaired) electrons. The topological polar surface area (TPSA) is 62.3 Å². The van der Waals surface area contributed by atoms with Gasteiger partial charge < -0.3 is 10.2 Å². The average Bonchev–Trinajstić information content (AvgIpc) is 2.88. The zero-order chi connectivity index (χ0) is 17.1. The Labute approximate surface area is 149 Å². The standard InChI is InChI=1S/C17H15Cl2N3O2/c18-13-5-14(19)7-15(6-13)21-17(24)12-4-16(23)22(10-12)9-11-2-1-3-20-8-11/h1-3,5-8,12H,4,9-10H2,(H,21,24). The number of rotatable bonds is 4. The van der Waals surface area contributed by atoms with E-state index in [9.17, 15) is 9.59 Å². The van der Waals surface area contributed by atoms with Crippen LogP contribution >= 0.6 is 23.2 Å². The predicted molar refractivity (Wildman–Crippen MR) is 92.9 cm³/mol. The van der Waals surface area contributed by atoms with Crippen LogP contribution in [0.1, 0.15) is 12.0 Å². The molecular weight excluding hydrogens is 349 g/mol. The maximum Gasteiger partial charge on any atom is 0.229 e. The molecule has 7 heteroatoms. The van der Waals surface area contributed by atoms with Gasteiger partial charge in [-0.3, -0.25) is 14.6 Å². The van der Waals surface area contributed by atoms with Gasteiger partial charge in [0.2, 0.25) is 11.8 Å². The van der Waals surface area contributed by atoms with Crippen LogP contribution in [-0.4, -0.2) is 28.2 Å². The van der Waals surface area contributed by atoms with Crippen molar-refractivity contribution in [1.29, 1.82) is 0 Å². The van der Waals surface area contributed by atoms with Crippen LogP contribution in [0.15, 0.2) is 42.7 Å². The van der Waals surface area contributed by atoms with Gasteiger partial charge in [-0.25, -0.2) is 0 Å². The molecule has 0 spiro atoms. The van der Waals surface area contributed by atoms with E-state index in [1.807, 2.05) is 12.1 Å². The van der Waals surface area contributed by atoms with Crippen LogP contribution in [-0.2, 0) is 16.1 Å². The third kappa shape index (κ3) is 4.04. The number of aromatic nitrogens is 1. The number of likely N-dealkylation sites (tertiary alicyclic amines) is 1. The molecule has 2 aromatic rings. The molecule has 5 nitrogen and oxygen atoms in total. The number of anilines is 1. The van der Waals surface area contributed by atoms with Gasteiger partial charge in [-0.05, 0) is 29.8 Å². The number of hydrogen-bond donors (Lipinski definition) is 1. The third-order valence-electron chi connectivity index (χ3n) is 3.81. The van der Waals surface area contributed by atoms with Gasteiger partial charge in [0.05, 0.1) is 5.92 Å². The van der Waals surface area contributed by atoms with Gasteiger partial charge in [0, 0.05) is 47.6 Å². The second-order valence-corrected chi connectivity index (χ2v) is 6.56. The Hall–Kier alpha value is -2.11. The van der Waals surface area contributed by atoms with Crippen LogP contribution in [0.5, 0.6) is 0 Å². The summed E-state index contributed by atoms with van der Waals surface area (Å²) in [7, 11) is 0. The van der Waals surface area contributed by atoms with Gasteiger partial charge in [0.15, 0.2) is 0 Å². The Morgan fingerprint density at radius 2 is 2.04 bits per heavy atom. The molecule has 0 bridgehead atoms. The number of benzene rings is 1. The van der Waals surface area contributed by atoms with Crippen LogP contribution in [0.25, 0.3) is 0 Å². The quantitative estimate of drug-likeness (QED) is 0.905. The number of halogens is 2. The van der Waals surface area contributed by atoms with Gasteiger partial charge in [-0.2, -0.15) is 0 Å². The molecule has 3 rings (SSSR count). The number of pyridine rings is 1. The molecule has 1 aliphatic heterocycles. The number of carbonyl (C=O) groups excluding carboxylic acids is 2. The Morgan fingerprint density at radius 3 is 2.71 bits per heavy atom. The second kappa shape index (κ2) is 7.20. The zero-order valence-electron chi connectivity index (χ0n) is 12.7. The molecule has 0 aliphatic carbocycles. The molecule has 1 aromatic carbocycles. The van der Waals surface area contributed by atoms with Crippen molar-refractivity contribution in [1.82, 2.24) is 9.88 Å². The summed E-state index contributed by atoms with van der Waals surface area (Å²) in [6.45, 7) is 0.841. The Kier molecular flexibility index (Phi) is 5.02. The summed E-state index contributed by atoms with van der Waals surface area (Å²) in [5.41, 5.74) is 1.46. The molecule has 1 aromatic heterocycles. The lowest BCUT2D eigenvalue weighted by Gasteiger charge is -2.16. The van der Waals surface area contributed by atoms with Gasteiger partial charge in [0.1, 0.15) is 0 Å². The molecule has 1 fully saturated rings. The molecule has 124 valence electrons. The van der Waals surface area contributed by atoms with Crippen molar-refractivity contribution in [2.75, 3.05) is 11.9 Å². The summed E-state index contributed by atoms with van der Waals surface area (Å²) in [6, 6.07) is 8.56. The highest BCUT2D eigenvalue weighted by molar-refractivity contribution is 6.35. The predicted octanol–water partition coefficient (Wildman–Crippen LogP) is 3.38. The maximum absolute atomic E-state index is 12.4. The summed E-state index contributed by atoms with van der Waals surface area (Å²) < 4.78 is 0. The minimum Gasteiger partial charge on any atom is -0.337 e. The molecule has 1 atom stereocenters. The smallest absolute Gasteiger partial charge is 0.229 e. The van der Waals surface area contributed by atoms with Crippen LogP contribution in [0.4, 0.5) is 5.69 Å². The fourth-order valence-corrected chi connectivity index (χ4v) is 3.21. The van der Waals surface area contributed by atoms with Crippen molar-refractivity contribution < 1.29 is 9.59 Å². The molecule has 2 heterocycles. The molecule has 0 saturated carbocycles. The van der Waals surface area contributed by atoms with E-state index in [1.165, 1.54) is 0 Å². The lowest BCUT2D eigenvalue weighted by atomic mass is 10.1. The summed E-state index contributed by atoms with van der Waals surface area (Å²) >= 11 is 11.9. The van der Waals surface area contributed by atoms with Gasteiger partial charge in [-0.1, -0.05) is 29.3 Å². The molecular formula is C17H15Cl2N3O2. The number of nitrogens with one attached hydrogen (secondary N) is 1. The fourth-order valence-electron chi connectivity index (χ4n) is 2.68. The van der Waals surface area contributed by atoms with Gasteiger partial charge >= 0.3 is 0 Å². The molecule has 24 heavy (non-hydrogen) atoms. The van der Waals surface area contributed by atoms with Gasteiger partial charge in [0.25, 0.3) is 0 Å². The Balaban J connectivity index is 1.63. The van der Waals surface area contributed by atoms with E-state index in [0.29, 0.717) is 28.8 Å². The van der Waals surface area contributed by atoms with E-state index < -0.39 is 5.92 Å². The van der Waals surface area contributed by atoms with Crippen molar-refractivity contribution in [2.45, 2.75) is 13.0 Å². The number of nitrogens with zero attached hydrogens (tertiary/aromatic N) is 2. The molecule has 1 saturated heterocycles. The SMILES string of the molecule is O=C(Nc1cc(Cl)cc(Cl)c1)C1CC(=O)N(Cc2cccnc2)C1. The highest BCUT2D eigenvalue weighted by Crippen LogP contribution is 2.25. The Bertz CT molecular complexity index is 747. The van der Waals surface area contributed by atoms with E-state index in [1.54, 1.807) is 35.5 Å². The van der Waals surface area contributed by atoms with Crippen molar-refractivity contribution >= 4 is 40.7 Å². The van der Waals surface area contributed by atoms with E-state index in [4.69, 9.17) is 23.2 Å². The second-order valence-electron chi connectivity index (χ2n) is 5.68. The van der Waals surface area contributed by atoms with Crippen LogP contribution in [0.2, 0.25) is 10.0 Å².